The molecule has 0 unspecified atom stereocenters. The Morgan fingerprint density at radius 1 is 2.00 bits per heavy atom. The molecule has 0 heterocycles. The van der Waals surface area contributed by atoms with Crippen LogP contribution in [0.5, 0.6) is 0 Å². The molecular formula is C3H6N2OS. The fourth-order valence-electron chi connectivity index (χ4n) is 0.123. The third-order valence-electron chi connectivity index (χ3n) is 0.455. The van der Waals surface area contributed by atoms with Gasteiger partial charge in [-0.05, 0) is 6.26 Å². The Hall–Kier alpha value is -0.380. The van der Waals surface area contributed by atoms with Gasteiger partial charge in [-0.2, -0.15) is 4.91 Å². The molecule has 0 saturated heterocycles. The van der Waals surface area contributed by atoms with Crippen molar-refractivity contribution in [1.82, 2.24) is 0 Å². The lowest BCUT2D eigenvalue weighted by molar-refractivity contribution is 1.27. The SMILES string of the molecule is CSC(=N)CN=O. The van der Waals surface area contributed by atoms with Gasteiger partial charge in [-0.1, -0.05) is 5.18 Å². The van der Waals surface area contributed by atoms with E-state index in [9.17, 15) is 4.91 Å². The molecule has 7 heavy (non-hydrogen) atoms. The smallest absolute Gasteiger partial charge is 0.129 e. The minimum Gasteiger partial charge on any atom is -0.296 e. The predicted molar refractivity (Wildman–Crippen MR) is 31.9 cm³/mol. The van der Waals surface area contributed by atoms with E-state index < -0.39 is 0 Å². The van der Waals surface area contributed by atoms with Gasteiger partial charge < -0.3 is 0 Å². The largest absolute Gasteiger partial charge is 0.296 e. The zero-order chi connectivity index (χ0) is 5.70. The van der Waals surface area contributed by atoms with Crippen LogP contribution in [0.1, 0.15) is 0 Å². The highest BCUT2D eigenvalue weighted by atomic mass is 32.2. The maximum atomic E-state index is 9.37. The minimum atomic E-state index is 0.0150. The van der Waals surface area contributed by atoms with Gasteiger partial charge in [0.15, 0.2) is 0 Å². The summed E-state index contributed by atoms with van der Waals surface area (Å²) in [7, 11) is 0. The highest BCUT2D eigenvalue weighted by molar-refractivity contribution is 8.13. The second kappa shape index (κ2) is 3.80. The molecule has 4 heteroatoms. The van der Waals surface area contributed by atoms with Crippen LogP contribution in [0.25, 0.3) is 0 Å². The van der Waals surface area contributed by atoms with Crippen molar-refractivity contribution in [3.8, 4) is 0 Å². The number of rotatable bonds is 2. The van der Waals surface area contributed by atoms with Crippen molar-refractivity contribution in [2.45, 2.75) is 0 Å². The molecule has 0 amide bonds. The quantitative estimate of drug-likeness (QED) is 0.335. The molecule has 0 radical (unpaired) electrons. The van der Waals surface area contributed by atoms with Gasteiger partial charge in [-0.25, -0.2) is 0 Å². The van der Waals surface area contributed by atoms with E-state index in [4.69, 9.17) is 5.41 Å². The standard InChI is InChI=1S/C3H6N2OS/c1-7-3(4)2-5-6/h4H,2H2,1H3. The van der Waals surface area contributed by atoms with Crippen LogP contribution in [0.3, 0.4) is 0 Å². The normalized spacial score (nSPS) is 8.14. The summed E-state index contributed by atoms with van der Waals surface area (Å²) < 4.78 is 0. The number of thioether (sulfide) groups is 1. The minimum absolute atomic E-state index is 0.0150. The summed E-state index contributed by atoms with van der Waals surface area (Å²) in [5, 5.41) is 9.63. The molecule has 40 valence electrons. The van der Waals surface area contributed by atoms with E-state index in [2.05, 4.69) is 5.18 Å². The molecule has 3 nitrogen and oxygen atoms in total. The number of hydrogen-bond acceptors (Lipinski definition) is 4. The second-order valence-electron chi connectivity index (χ2n) is 0.915. The number of nitroso groups, excluding NO2 is 1. The molecule has 0 aromatic heterocycles. The van der Waals surface area contributed by atoms with Crippen molar-refractivity contribution < 1.29 is 0 Å². The van der Waals surface area contributed by atoms with Crippen molar-refractivity contribution in [1.29, 1.82) is 5.41 Å². The summed E-state index contributed by atoms with van der Waals surface area (Å²) in [6.07, 6.45) is 1.74. The van der Waals surface area contributed by atoms with Gasteiger partial charge in [0.1, 0.15) is 6.54 Å². The zero-order valence-corrected chi connectivity index (χ0v) is 4.79. The molecule has 0 aliphatic carbocycles. The lowest BCUT2D eigenvalue weighted by Crippen LogP contribution is -1.90. The Morgan fingerprint density at radius 2 is 2.57 bits per heavy atom. The first-order chi connectivity index (χ1) is 3.31. The Kier molecular flexibility index (Phi) is 3.59. The summed E-state index contributed by atoms with van der Waals surface area (Å²) in [5.74, 6) is 0. The molecule has 0 atom stereocenters. The van der Waals surface area contributed by atoms with Gasteiger partial charge in [0.2, 0.25) is 0 Å². The fourth-order valence-corrected chi connectivity index (χ4v) is 0.305. The van der Waals surface area contributed by atoms with Crippen LogP contribution in [0.4, 0.5) is 0 Å². The van der Waals surface area contributed by atoms with Gasteiger partial charge >= 0.3 is 0 Å². The van der Waals surface area contributed by atoms with E-state index in [0.29, 0.717) is 5.04 Å². The lowest BCUT2D eigenvalue weighted by atomic mass is 10.8. The summed E-state index contributed by atoms with van der Waals surface area (Å²) in [6, 6.07) is 0. The van der Waals surface area contributed by atoms with E-state index in [-0.39, 0.29) is 6.54 Å². The van der Waals surface area contributed by atoms with Gasteiger partial charge in [0.25, 0.3) is 0 Å². The first-order valence-electron chi connectivity index (χ1n) is 1.71. The summed E-state index contributed by atoms with van der Waals surface area (Å²) in [6.45, 7) is 0.0150. The van der Waals surface area contributed by atoms with Gasteiger partial charge in [0, 0.05) is 0 Å². The third kappa shape index (κ3) is 3.45. The predicted octanol–water partition coefficient (Wildman–Crippen LogP) is 1.09. The van der Waals surface area contributed by atoms with Crippen LogP contribution >= 0.6 is 11.8 Å². The Balaban J connectivity index is 3.17. The monoisotopic (exact) mass is 118 g/mol. The molecule has 0 aliphatic heterocycles. The van der Waals surface area contributed by atoms with E-state index in [1.165, 1.54) is 11.8 Å². The van der Waals surface area contributed by atoms with Crippen LogP contribution < -0.4 is 0 Å². The van der Waals surface area contributed by atoms with Gasteiger partial charge in [0.05, 0.1) is 5.04 Å². The number of nitrogens with zero attached hydrogens (tertiary/aromatic N) is 1. The van der Waals surface area contributed by atoms with Crippen LogP contribution in [0.2, 0.25) is 0 Å². The summed E-state index contributed by atoms with van der Waals surface area (Å²) >= 11 is 1.24. The van der Waals surface area contributed by atoms with E-state index in [1.807, 2.05) is 0 Å². The topological polar surface area (TPSA) is 53.3 Å². The van der Waals surface area contributed by atoms with Gasteiger partial charge in [-0.15, -0.1) is 11.8 Å². The van der Waals surface area contributed by atoms with Crippen molar-refractivity contribution >= 4 is 16.8 Å². The molecule has 0 aromatic rings. The maximum Gasteiger partial charge on any atom is 0.129 e. The highest BCUT2D eigenvalue weighted by Gasteiger charge is 1.88. The summed E-state index contributed by atoms with van der Waals surface area (Å²) in [4.78, 5) is 9.37. The highest BCUT2D eigenvalue weighted by Crippen LogP contribution is 1.93. The fraction of sp³-hybridized carbons (Fsp3) is 0.667. The second-order valence-corrected chi connectivity index (χ2v) is 1.82. The van der Waals surface area contributed by atoms with Crippen molar-refractivity contribution in [2.24, 2.45) is 5.18 Å². The van der Waals surface area contributed by atoms with Crippen LogP contribution in [0.15, 0.2) is 5.18 Å². The van der Waals surface area contributed by atoms with E-state index in [0.717, 1.165) is 0 Å². The number of nitrogens with one attached hydrogen (secondary N) is 1. The van der Waals surface area contributed by atoms with Crippen molar-refractivity contribution in [2.75, 3.05) is 12.8 Å². The summed E-state index contributed by atoms with van der Waals surface area (Å²) in [5.41, 5.74) is 0. The molecule has 0 spiro atoms. The third-order valence-corrected chi connectivity index (χ3v) is 1.08. The molecule has 0 rings (SSSR count). The van der Waals surface area contributed by atoms with Crippen molar-refractivity contribution in [3.05, 3.63) is 4.91 Å². The van der Waals surface area contributed by atoms with Crippen LogP contribution in [-0.4, -0.2) is 17.8 Å². The Morgan fingerprint density at radius 3 is 2.71 bits per heavy atom. The first-order valence-corrected chi connectivity index (χ1v) is 2.94. The Bertz CT molecular complexity index is 83.0. The molecule has 1 N–H and O–H groups in total. The number of hydrogen-bond donors (Lipinski definition) is 1. The van der Waals surface area contributed by atoms with Crippen LogP contribution in [0, 0.1) is 10.3 Å². The molecular weight excluding hydrogens is 112 g/mol. The van der Waals surface area contributed by atoms with Gasteiger partial charge in [-0.3, -0.25) is 5.41 Å². The molecule has 0 aliphatic rings. The average molecular weight is 118 g/mol. The first kappa shape index (κ1) is 6.62. The Labute approximate surface area is 46.0 Å². The molecule has 0 saturated carbocycles. The zero-order valence-electron chi connectivity index (χ0n) is 3.97. The van der Waals surface area contributed by atoms with E-state index in [1.54, 1.807) is 6.26 Å². The molecule has 0 bridgehead atoms. The molecule has 0 fully saturated rings. The maximum absolute atomic E-state index is 9.37. The average Bonchev–Trinajstić information content (AvgIpc) is 1.68. The molecule has 0 aromatic carbocycles. The van der Waals surface area contributed by atoms with Crippen LogP contribution in [-0.2, 0) is 0 Å². The lowest BCUT2D eigenvalue weighted by Gasteiger charge is -1.84. The van der Waals surface area contributed by atoms with Crippen molar-refractivity contribution in [3.63, 3.8) is 0 Å². The van der Waals surface area contributed by atoms with E-state index >= 15 is 0 Å².